The fourth-order valence-electron chi connectivity index (χ4n) is 1.30. The van der Waals surface area contributed by atoms with Gasteiger partial charge in [-0.25, -0.2) is 4.98 Å². The topological polar surface area (TPSA) is 35.0 Å². The number of nitrogens with zero attached hydrogens (tertiary/aromatic N) is 2. The second kappa shape index (κ2) is 3.33. The third-order valence-corrected chi connectivity index (χ3v) is 2.02. The number of rotatable bonds is 1. The van der Waals surface area contributed by atoms with E-state index in [1.807, 2.05) is 0 Å². The van der Waals surface area contributed by atoms with Gasteiger partial charge in [-0.3, -0.25) is 4.98 Å². The summed E-state index contributed by atoms with van der Waals surface area (Å²) >= 11 is 0. The summed E-state index contributed by atoms with van der Waals surface area (Å²) in [6, 6.07) is 3.45. The predicted octanol–water partition coefficient (Wildman–Crippen LogP) is -0.774. The van der Waals surface area contributed by atoms with E-state index in [2.05, 4.69) is 9.97 Å². The Morgan fingerprint density at radius 2 is 2.00 bits per heavy atom. The summed E-state index contributed by atoms with van der Waals surface area (Å²) in [4.78, 5) is 7.93. The molecule has 1 aromatic carbocycles. The van der Waals surface area contributed by atoms with Crippen LogP contribution in [0.15, 0.2) is 18.5 Å². The molecule has 1 heterocycles. The molecule has 0 spiro atoms. The van der Waals surface area contributed by atoms with Crippen LogP contribution in [0, 0.1) is 0 Å². The summed E-state index contributed by atoms with van der Waals surface area (Å²) in [7, 11) is 13.0. The number of ether oxygens (including phenoxy) is 1. The number of methoxy groups -OCH3 is 1. The average Bonchev–Trinajstić information content (AvgIpc) is 2.17. The summed E-state index contributed by atoms with van der Waals surface area (Å²) < 4.78 is 5.07. The van der Waals surface area contributed by atoms with E-state index in [-0.39, 0.29) is 0 Å². The molecule has 1 aromatic heterocycles. The van der Waals surface area contributed by atoms with Crippen LogP contribution in [-0.2, 0) is 0 Å². The maximum Gasteiger partial charge on any atom is 0.142 e. The van der Waals surface area contributed by atoms with Gasteiger partial charge in [-0.2, -0.15) is 0 Å². The van der Waals surface area contributed by atoms with Gasteiger partial charge in [0.25, 0.3) is 0 Å². The Morgan fingerprint density at radius 3 is 2.71 bits per heavy atom. The van der Waals surface area contributed by atoms with Crippen molar-refractivity contribution >= 4 is 37.7 Å². The fourth-order valence-corrected chi connectivity index (χ4v) is 1.30. The quantitative estimate of drug-likeness (QED) is 0.540. The Hall–Kier alpha value is -1.51. The van der Waals surface area contributed by atoms with Crippen molar-refractivity contribution in [3.8, 4) is 5.75 Å². The van der Waals surface area contributed by atoms with Gasteiger partial charge < -0.3 is 4.74 Å². The van der Waals surface area contributed by atoms with Gasteiger partial charge in [0.1, 0.15) is 27.8 Å². The van der Waals surface area contributed by atoms with Crippen molar-refractivity contribution in [3.05, 3.63) is 18.5 Å². The van der Waals surface area contributed by atoms with E-state index in [0.29, 0.717) is 16.8 Å². The monoisotopic (exact) mass is 180 g/mol. The molecule has 0 aliphatic carbocycles. The number of hydrogen-bond donors (Lipinski definition) is 0. The van der Waals surface area contributed by atoms with E-state index in [9.17, 15) is 0 Å². The van der Waals surface area contributed by atoms with Crippen molar-refractivity contribution in [1.82, 2.24) is 9.97 Å². The smallest absolute Gasteiger partial charge is 0.142 e. The molecule has 4 radical (unpaired) electrons. The first kappa shape index (κ1) is 9.06. The molecule has 0 saturated carbocycles. The molecule has 2 aromatic rings. The second-order valence-electron chi connectivity index (χ2n) is 2.87. The van der Waals surface area contributed by atoms with Gasteiger partial charge in [0, 0.05) is 5.39 Å². The van der Waals surface area contributed by atoms with E-state index in [1.165, 1.54) is 6.33 Å². The number of fused-ring (bicyclic) bond motifs is 1. The lowest BCUT2D eigenvalue weighted by molar-refractivity contribution is 0.419. The van der Waals surface area contributed by atoms with Gasteiger partial charge in [0.2, 0.25) is 0 Å². The Bertz CT molecular complexity index is 487. The maximum absolute atomic E-state index is 5.72. The number of benzene rings is 1. The van der Waals surface area contributed by atoms with Crippen LogP contribution in [0.25, 0.3) is 10.9 Å². The van der Waals surface area contributed by atoms with Crippen LogP contribution in [0.1, 0.15) is 0 Å². The highest BCUT2D eigenvalue weighted by molar-refractivity contribution is 6.39. The van der Waals surface area contributed by atoms with Gasteiger partial charge in [-0.05, 0) is 17.7 Å². The van der Waals surface area contributed by atoms with Crippen molar-refractivity contribution in [2.75, 3.05) is 7.11 Å². The van der Waals surface area contributed by atoms with E-state index in [4.69, 9.17) is 20.4 Å². The van der Waals surface area contributed by atoms with Crippen molar-refractivity contribution in [1.29, 1.82) is 0 Å². The first-order valence-corrected chi connectivity index (χ1v) is 4.06. The Labute approximate surface area is 84.3 Å². The van der Waals surface area contributed by atoms with Crippen LogP contribution in [0.2, 0.25) is 0 Å². The summed E-state index contributed by atoms with van der Waals surface area (Å²) in [5, 5.41) is 0.749. The number of aromatic nitrogens is 2. The van der Waals surface area contributed by atoms with Crippen LogP contribution in [-0.4, -0.2) is 32.8 Å². The normalized spacial score (nSPS) is 10.4. The molecule has 0 unspecified atom stereocenters. The SMILES string of the molecule is [B]c1cc2ncnc([B])c2cc1OC. The molecule has 2 rings (SSSR count). The van der Waals surface area contributed by atoms with Gasteiger partial charge in [0.05, 0.1) is 12.6 Å². The van der Waals surface area contributed by atoms with Crippen LogP contribution in [0.5, 0.6) is 5.75 Å². The van der Waals surface area contributed by atoms with Crippen LogP contribution in [0.3, 0.4) is 0 Å². The summed E-state index contributed by atoms with van der Waals surface area (Å²) in [5.41, 5.74) is 1.68. The van der Waals surface area contributed by atoms with Crippen LogP contribution < -0.4 is 15.8 Å². The van der Waals surface area contributed by atoms with Crippen LogP contribution in [0.4, 0.5) is 0 Å². The van der Waals surface area contributed by atoms with E-state index < -0.39 is 0 Å². The molecule has 0 saturated heterocycles. The third-order valence-electron chi connectivity index (χ3n) is 2.02. The summed E-state index contributed by atoms with van der Waals surface area (Å²) in [6.45, 7) is 0. The van der Waals surface area contributed by atoms with Crippen molar-refractivity contribution in [3.63, 3.8) is 0 Å². The van der Waals surface area contributed by atoms with Crippen molar-refractivity contribution in [2.24, 2.45) is 0 Å². The zero-order chi connectivity index (χ0) is 10.1. The molecule has 0 N–H and O–H groups in total. The third kappa shape index (κ3) is 1.35. The van der Waals surface area contributed by atoms with Gasteiger partial charge in [-0.15, -0.1) is 0 Å². The summed E-state index contributed by atoms with van der Waals surface area (Å²) in [6.07, 6.45) is 1.41. The number of hydrogen-bond acceptors (Lipinski definition) is 3. The largest absolute Gasteiger partial charge is 0.497 e. The maximum atomic E-state index is 5.72. The molecule has 3 nitrogen and oxygen atoms in total. The molecule has 0 aliphatic rings. The first-order valence-electron chi connectivity index (χ1n) is 4.06. The second-order valence-corrected chi connectivity index (χ2v) is 2.87. The highest BCUT2D eigenvalue weighted by Crippen LogP contribution is 2.13. The van der Waals surface area contributed by atoms with E-state index in [1.54, 1.807) is 19.2 Å². The zero-order valence-electron chi connectivity index (χ0n) is 7.69. The molecule has 0 bridgehead atoms. The van der Waals surface area contributed by atoms with Gasteiger partial charge in [0.15, 0.2) is 0 Å². The van der Waals surface area contributed by atoms with Crippen LogP contribution >= 0.6 is 0 Å². The Morgan fingerprint density at radius 1 is 1.21 bits per heavy atom. The molecule has 0 atom stereocenters. The minimum Gasteiger partial charge on any atom is -0.497 e. The minimum atomic E-state index is 0.424. The lowest BCUT2D eigenvalue weighted by atomic mass is 9.91. The molecular weight excluding hydrogens is 174 g/mol. The highest BCUT2D eigenvalue weighted by atomic mass is 16.5. The molecule has 0 amide bonds. The van der Waals surface area contributed by atoms with Crippen molar-refractivity contribution in [2.45, 2.75) is 0 Å². The van der Waals surface area contributed by atoms with E-state index >= 15 is 0 Å². The molecular formula is C9H6B2N2O. The highest BCUT2D eigenvalue weighted by Gasteiger charge is 2.03. The zero-order valence-corrected chi connectivity index (χ0v) is 7.69. The summed E-state index contributed by atoms with van der Waals surface area (Å²) in [5.74, 6) is 0.582. The lowest BCUT2D eigenvalue weighted by Gasteiger charge is -2.07. The molecule has 5 heteroatoms. The van der Waals surface area contributed by atoms with Crippen molar-refractivity contribution < 1.29 is 4.74 Å². The van der Waals surface area contributed by atoms with Gasteiger partial charge in [-0.1, -0.05) is 5.46 Å². The van der Waals surface area contributed by atoms with E-state index in [0.717, 1.165) is 10.9 Å². The molecule has 64 valence electrons. The molecule has 0 aliphatic heterocycles. The van der Waals surface area contributed by atoms with Gasteiger partial charge >= 0.3 is 0 Å². The Kier molecular flexibility index (Phi) is 2.15. The average molecular weight is 180 g/mol. The molecule has 14 heavy (non-hydrogen) atoms. The first-order chi connectivity index (χ1) is 6.72. The predicted molar refractivity (Wildman–Crippen MR) is 56.9 cm³/mol. The molecule has 0 fully saturated rings. The standard InChI is InChI=1S/C9H6B2N2O/c1-14-8-2-5-7(3-6(8)10)12-4-13-9(5)11/h2-4H,1H3. The minimum absolute atomic E-state index is 0.424. The Balaban J connectivity index is 2.80. The fraction of sp³-hybridized carbons (Fsp3) is 0.111. The lowest BCUT2D eigenvalue weighted by Crippen LogP contribution is -2.14.